The summed E-state index contributed by atoms with van der Waals surface area (Å²) in [6, 6.07) is 15.8. The van der Waals surface area contributed by atoms with Crippen LogP contribution in [0.15, 0.2) is 48.5 Å². The Balaban J connectivity index is 1.33. The van der Waals surface area contributed by atoms with Crippen molar-refractivity contribution in [1.82, 2.24) is 9.80 Å². The predicted octanol–water partition coefficient (Wildman–Crippen LogP) is 3.02. The summed E-state index contributed by atoms with van der Waals surface area (Å²) in [5.74, 6) is 0.379. The van der Waals surface area contributed by atoms with E-state index in [0.717, 1.165) is 0 Å². The Bertz CT molecular complexity index is 923. The third-order valence-corrected chi connectivity index (χ3v) is 5.03. The average Bonchev–Trinajstić information content (AvgIpc) is 2.84. The number of rotatable bonds is 10. The van der Waals surface area contributed by atoms with Crippen molar-refractivity contribution in [3.63, 3.8) is 0 Å². The number of piperazine rings is 1. The molecule has 0 aliphatic carbocycles. The van der Waals surface area contributed by atoms with Crippen LogP contribution in [-0.2, 0) is 9.59 Å². The summed E-state index contributed by atoms with van der Waals surface area (Å²) in [4.78, 5) is 31.3. The Labute approximate surface area is 187 Å². The number of carbonyl (C=O) groups excluding carboxylic acids is 2. The van der Waals surface area contributed by atoms with E-state index in [1.165, 1.54) is 0 Å². The molecule has 164 valence electrons. The zero-order valence-corrected chi connectivity index (χ0v) is 17.7. The Hall–Kier alpha value is -4.04. The van der Waals surface area contributed by atoms with Crippen molar-refractivity contribution in [3.8, 4) is 17.6 Å². The molecule has 3 rings (SSSR count). The smallest absolute Gasteiger partial charge is 0.312 e. The van der Waals surface area contributed by atoms with Crippen molar-refractivity contribution in [2.45, 2.75) is 12.8 Å². The van der Waals surface area contributed by atoms with E-state index >= 15 is 0 Å². The highest BCUT2D eigenvalue weighted by molar-refractivity contribution is 6.35. The van der Waals surface area contributed by atoms with Gasteiger partial charge in [-0.15, -0.1) is 0 Å². The van der Waals surface area contributed by atoms with Gasteiger partial charge in [0.2, 0.25) is 0 Å². The standard InChI is InChI=1S/C24H24N4O4/c1-26-20-6-10-22(11-7-20)32-17-3-13-28-15-14-27(23(29)24(28)30)12-2-16-31-21-8-4-19(18-25)5-9-21/h4-11H,2-3,12-17H2. The van der Waals surface area contributed by atoms with Gasteiger partial charge in [0.25, 0.3) is 0 Å². The second-order valence-corrected chi connectivity index (χ2v) is 7.23. The molecule has 2 aromatic rings. The molecule has 0 unspecified atom stereocenters. The highest BCUT2D eigenvalue weighted by atomic mass is 16.5. The second-order valence-electron chi connectivity index (χ2n) is 7.23. The van der Waals surface area contributed by atoms with E-state index in [9.17, 15) is 9.59 Å². The normalized spacial score (nSPS) is 13.4. The molecule has 1 heterocycles. The van der Waals surface area contributed by atoms with Crippen LogP contribution in [0.3, 0.4) is 0 Å². The summed E-state index contributed by atoms with van der Waals surface area (Å²) >= 11 is 0. The van der Waals surface area contributed by atoms with Crippen LogP contribution >= 0.6 is 0 Å². The van der Waals surface area contributed by atoms with Crippen LogP contribution in [0.25, 0.3) is 4.85 Å². The van der Waals surface area contributed by atoms with E-state index in [1.807, 2.05) is 0 Å². The Kier molecular flexibility index (Phi) is 8.05. The van der Waals surface area contributed by atoms with Crippen LogP contribution in [0.5, 0.6) is 11.5 Å². The first kappa shape index (κ1) is 22.6. The van der Waals surface area contributed by atoms with Crippen LogP contribution < -0.4 is 9.47 Å². The van der Waals surface area contributed by atoms with Gasteiger partial charge in [0.15, 0.2) is 5.69 Å². The van der Waals surface area contributed by atoms with Crippen LogP contribution in [0.4, 0.5) is 5.69 Å². The molecule has 2 aromatic carbocycles. The molecule has 0 bridgehead atoms. The van der Waals surface area contributed by atoms with E-state index in [4.69, 9.17) is 21.3 Å². The van der Waals surface area contributed by atoms with Gasteiger partial charge in [-0.05, 0) is 49.2 Å². The van der Waals surface area contributed by atoms with E-state index in [2.05, 4.69) is 10.9 Å². The molecule has 0 N–H and O–H groups in total. The van der Waals surface area contributed by atoms with E-state index in [0.29, 0.717) is 75.0 Å². The molecule has 1 saturated heterocycles. The van der Waals surface area contributed by atoms with Crippen molar-refractivity contribution >= 4 is 17.5 Å². The van der Waals surface area contributed by atoms with Gasteiger partial charge >= 0.3 is 11.8 Å². The third kappa shape index (κ3) is 6.23. The first-order chi connectivity index (χ1) is 15.6. The minimum atomic E-state index is -0.481. The van der Waals surface area contributed by atoms with Crippen molar-refractivity contribution in [2.75, 3.05) is 39.4 Å². The maximum Gasteiger partial charge on any atom is 0.312 e. The lowest BCUT2D eigenvalue weighted by Gasteiger charge is -2.33. The number of ether oxygens (including phenoxy) is 2. The van der Waals surface area contributed by atoms with Gasteiger partial charge in [0, 0.05) is 26.2 Å². The number of hydrogen-bond acceptors (Lipinski definition) is 5. The summed E-state index contributed by atoms with van der Waals surface area (Å²) in [7, 11) is 0. The summed E-state index contributed by atoms with van der Waals surface area (Å²) < 4.78 is 11.3. The van der Waals surface area contributed by atoms with Crippen LogP contribution in [-0.4, -0.2) is 61.0 Å². The zero-order chi connectivity index (χ0) is 22.8. The number of nitrogens with zero attached hydrogens (tertiary/aromatic N) is 4. The van der Waals surface area contributed by atoms with E-state index in [-0.39, 0.29) is 0 Å². The molecule has 1 aliphatic heterocycles. The fourth-order valence-corrected chi connectivity index (χ4v) is 3.28. The number of carbonyl (C=O) groups is 2. The van der Waals surface area contributed by atoms with Gasteiger partial charge in [-0.25, -0.2) is 4.85 Å². The number of amides is 2. The lowest BCUT2D eigenvalue weighted by Crippen LogP contribution is -2.54. The summed E-state index contributed by atoms with van der Waals surface area (Å²) in [5, 5.41) is 8.80. The van der Waals surface area contributed by atoms with Crippen LogP contribution in [0.2, 0.25) is 0 Å². The fourth-order valence-electron chi connectivity index (χ4n) is 3.28. The fraction of sp³-hybridized carbons (Fsp3) is 0.333. The SMILES string of the molecule is [C-]#[N+]c1ccc(OCCCN2CCN(CCCOc3ccc(C#N)cc3)C(=O)C2=O)cc1. The largest absolute Gasteiger partial charge is 0.494 e. The molecule has 1 fully saturated rings. The molecule has 32 heavy (non-hydrogen) atoms. The zero-order valence-electron chi connectivity index (χ0n) is 17.7. The van der Waals surface area contributed by atoms with Gasteiger partial charge in [-0.1, -0.05) is 12.1 Å². The van der Waals surface area contributed by atoms with Crippen molar-refractivity contribution in [3.05, 3.63) is 65.5 Å². The molecule has 8 heteroatoms. The van der Waals surface area contributed by atoms with E-state index < -0.39 is 11.8 Å². The molecular weight excluding hydrogens is 408 g/mol. The summed E-state index contributed by atoms with van der Waals surface area (Å²) in [5.41, 5.74) is 1.13. The minimum absolute atomic E-state index is 0.418. The Morgan fingerprint density at radius 1 is 0.844 bits per heavy atom. The monoisotopic (exact) mass is 432 g/mol. The van der Waals surface area contributed by atoms with E-state index in [1.54, 1.807) is 58.3 Å². The Morgan fingerprint density at radius 3 is 1.75 bits per heavy atom. The lowest BCUT2D eigenvalue weighted by molar-refractivity contribution is -0.156. The lowest BCUT2D eigenvalue weighted by atomic mass is 10.2. The van der Waals surface area contributed by atoms with Crippen LogP contribution in [0, 0.1) is 17.9 Å². The molecular formula is C24H24N4O4. The van der Waals surface area contributed by atoms with Gasteiger partial charge < -0.3 is 19.3 Å². The molecule has 0 radical (unpaired) electrons. The molecule has 8 nitrogen and oxygen atoms in total. The average molecular weight is 432 g/mol. The Morgan fingerprint density at radius 2 is 1.31 bits per heavy atom. The van der Waals surface area contributed by atoms with Gasteiger partial charge in [-0.3, -0.25) is 9.59 Å². The molecule has 2 amide bonds. The highest BCUT2D eigenvalue weighted by Crippen LogP contribution is 2.18. The number of hydrogen-bond donors (Lipinski definition) is 0. The van der Waals surface area contributed by atoms with Crippen molar-refractivity contribution < 1.29 is 19.1 Å². The van der Waals surface area contributed by atoms with Gasteiger partial charge in [0.1, 0.15) is 11.5 Å². The summed E-state index contributed by atoms with van der Waals surface area (Å²) in [6.07, 6.45) is 1.22. The molecule has 0 saturated carbocycles. The molecule has 0 aromatic heterocycles. The highest BCUT2D eigenvalue weighted by Gasteiger charge is 2.31. The number of nitriles is 1. The third-order valence-electron chi connectivity index (χ3n) is 5.03. The van der Waals surface area contributed by atoms with Gasteiger partial charge in [0.05, 0.1) is 31.4 Å². The minimum Gasteiger partial charge on any atom is -0.494 e. The molecule has 0 spiro atoms. The maximum absolute atomic E-state index is 12.4. The first-order valence-electron chi connectivity index (χ1n) is 10.4. The van der Waals surface area contributed by atoms with Crippen molar-refractivity contribution in [2.24, 2.45) is 0 Å². The topological polar surface area (TPSA) is 87.2 Å². The molecule has 1 aliphatic rings. The first-order valence-corrected chi connectivity index (χ1v) is 10.4. The molecule has 0 atom stereocenters. The predicted molar refractivity (Wildman–Crippen MR) is 117 cm³/mol. The second kappa shape index (κ2) is 11.4. The van der Waals surface area contributed by atoms with Crippen LogP contribution in [0.1, 0.15) is 18.4 Å². The maximum atomic E-state index is 12.4. The number of benzene rings is 2. The van der Waals surface area contributed by atoms with Gasteiger partial charge in [-0.2, -0.15) is 5.26 Å². The van der Waals surface area contributed by atoms with Crippen molar-refractivity contribution in [1.29, 1.82) is 5.26 Å². The summed E-state index contributed by atoms with van der Waals surface area (Å²) in [6.45, 7) is 9.70. The quantitative estimate of drug-likeness (QED) is 0.327.